The smallest absolute Gasteiger partial charge is 0.323 e. The van der Waals surface area contributed by atoms with Crippen molar-refractivity contribution in [2.75, 3.05) is 40.8 Å². The average molecular weight is 294 g/mol. The van der Waals surface area contributed by atoms with Crippen molar-refractivity contribution < 1.29 is 19.4 Å². The number of hydrogen-bond acceptors (Lipinski definition) is 4. The first-order valence-electron chi connectivity index (χ1n) is 6.69. The van der Waals surface area contributed by atoms with Gasteiger partial charge in [0.15, 0.2) is 0 Å². The van der Waals surface area contributed by atoms with Gasteiger partial charge in [-0.25, -0.2) is 0 Å². The van der Waals surface area contributed by atoms with Crippen LogP contribution in [0, 0.1) is 0 Å². The first-order valence-corrected chi connectivity index (χ1v) is 6.69. The molecule has 1 N–H and O–H groups in total. The first kappa shape index (κ1) is 17.0. The van der Waals surface area contributed by atoms with Crippen LogP contribution < -0.4 is 4.74 Å². The zero-order chi connectivity index (χ0) is 15.8. The lowest BCUT2D eigenvalue weighted by Gasteiger charge is -2.22. The molecule has 0 radical (unpaired) electrons. The van der Waals surface area contributed by atoms with Crippen molar-refractivity contribution in [2.24, 2.45) is 0 Å². The molecule has 0 fully saturated rings. The van der Waals surface area contributed by atoms with Crippen molar-refractivity contribution in [1.29, 1.82) is 0 Å². The number of likely N-dealkylation sites (N-methyl/N-ethyl adjacent to an activating group) is 1. The SMILES string of the molecule is COc1ccc(CC(=O)N(CCN(C)C)CC(=O)O)cc1. The maximum Gasteiger partial charge on any atom is 0.323 e. The van der Waals surface area contributed by atoms with Crippen LogP contribution in [0.3, 0.4) is 0 Å². The number of methoxy groups -OCH3 is 1. The van der Waals surface area contributed by atoms with Crippen molar-refractivity contribution >= 4 is 11.9 Å². The van der Waals surface area contributed by atoms with Gasteiger partial charge in [-0.15, -0.1) is 0 Å². The Morgan fingerprint density at radius 2 is 1.76 bits per heavy atom. The lowest BCUT2D eigenvalue weighted by molar-refractivity contribution is -0.144. The standard InChI is InChI=1S/C15H22N2O4/c1-16(2)8-9-17(11-15(19)20)14(18)10-12-4-6-13(21-3)7-5-12/h4-7H,8-11H2,1-3H3,(H,19,20). The highest BCUT2D eigenvalue weighted by Crippen LogP contribution is 2.12. The molecule has 0 aromatic heterocycles. The zero-order valence-corrected chi connectivity index (χ0v) is 12.7. The van der Waals surface area contributed by atoms with Crippen molar-refractivity contribution in [3.8, 4) is 5.75 Å². The van der Waals surface area contributed by atoms with E-state index in [1.54, 1.807) is 19.2 Å². The first-order chi connectivity index (χ1) is 9.92. The number of carboxylic acids is 1. The molecule has 21 heavy (non-hydrogen) atoms. The Balaban J connectivity index is 2.67. The molecule has 6 nitrogen and oxygen atoms in total. The number of amides is 1. The third-order valence-electron chi connectivity index (χ3n) is 3.01. The zero-order valence-electron chi connectivity index (χ0n) is 12.7. The van der Waals surface area contributed by atoms with Gasteiger partial charge in [-0.3, -0.25) is 9.59 Å². The Bertz CT molecular complexity index is 471. The molecule has 0 heterocycles. The largest absolute Gasteiger partial charge is 0.497 e. The van der Waals surface area contributed by atoms with Crippen LogP contribution in [-0.4, -0.2) is 67.6 Å². The number of carbonyl (C=O) groups excluding carboxylic acids is 1. The Hall–Kier alpha value is -2.08. The molecular weight excluding hydrogens is 272 g/mol. The van der Waals surface area contributed by atoms with E-state index in [-0.39, 0.29) is 18.9 Å². The number of carbonyl (C=O) groups is 2. The van der Waals surface area contributed by atoms with E-state index in [0.717, 1.165) is 11.3 Å². The second-order valence-corrected chi connectivity index (χ2v) is 5.04. The van der Waals surface area contributed by atoms with Gasteiger partial charge < -0.3 is 19.6 Å². The summed E-state index contributed by atoms with van der Waals surface area (Å²) in [5.41, 5.74) is 0.834. The van der Waals surface area contributed by atoms with Crippen LogP contribution in [0.25, 0.3) is 0 Å². The third kappa shape index (κ3) is 6.27. The molecule has 116 valence electrons. The van der Waals surface area contributed by atoms with E-state index in [2.05, 4.69) is 0 Å². The van der Waals surface area contributed by atoms with Gasteiger partial charge in [0.1, 0.15) is 12.3 Å². The van der Waals surface area contributed by atoms with Crippen molar-refractivity contribution in [3.05, 3.63) is 29.8 Å². The number of benzene rings is 1. The summed E-state index contributed by atoms with van der Waals surface area (Å²) < 4.78 is 5.06. The molecule has 0 saturated carbocycles. The van der Waals surface area contributed by atoms with E-state index < -0.39 is 5.97 Å². The lowest BCUT2D eigenvalue weighted by atomic mass is 10.1. The Morgan fingerprint density at radius 1 is 1.14 bits per heavy atom. The molecular formula is C15H22N2O4. The van der Waals surface area contributed by atoms with Crippen LogP contribution in [0.4, 0.5) is 0 Å². The van der Waals surface area contributed by atoms with Gasteiger partial charge in [0.05, 0.1) is 13.5 Å². The van der Waals surface area contributed by atoms with Crippen LogP contribution >= 0.6 is 0 Å². The van der Waals surface area contributed by atoms with Crippen molar-refractivity contribution in [1.82, 2.24) is 9.80 Å². The van der Waals surface area contributed by atoms with Crippen LogP contribution in [0.15, 0.2) is 24.3 Å². The lowest BCUT2D eigenvalue weighted by Crippen LogP contribution is -2.40. The summed E-state index contributed by atoms with van der Waals surface area (Å²) in [7, 11) is 5.34. The van der Waals surface area contributed by atoms with Crippen LogP contribution in [0.5, 0.6) is 5.75 Å². The normalized spacial score (nSPS) is 10.5. The second-order valence-electron chi connectivity index (χ2n) is 5.04. The monoisotopic (exact) mass is 294 g/mol. The molecule has 0 saturated heterocycles. The van der Waals surface area contributed by atoms with E-state index in [0.29, 0.717) is 13.1 Å². The molecule has 1 aromatic rings. The van der Waals surface area contributed by atoms with Gasteiger partial charge in [-0.1, -0.05) is 12.1 Å². The third-order valence-corrected chi connectivity index (χ3v) is 3.01. The minimum absolute atomic E-state index is 0.185. The second kappa shape index (κ2) is 8.26. The summed E-state index contributed by atoms with van der Waals surface area (Å²) in [5.74, 6) is -0.470. The van der Waals surface area contributed by atoms with Crippen LogP contribution in [0.1, 0.15) is 5.56 Å². The number of nitrogens with zero attached hydrogens (tertiary/aromatic N) is 2. The van der Waals surface area contributed by atoms with E-state index in [4.69, 9.17) is 9.84 Å². The molecule has 1 aromatic carbocycles. The summed E-state index contributed by atoms with van der Waals surface area (Å²) in [5, 5.41) is 8.91. The fraction of sp³-hybridized carbons (Fsp3) is 0.467. The molecule has 0 aliphatic rings. The summed E-state index contributed by atoms with van der Waals surface area (Å²) in [6.45, 7) is 0.749. The molecule has 0 atom stereocenters. The minimum Gasteiger partial charge on any atom is -0.497 e. The molecule has 0 bridgehead atoms. The van der Waals surface area contributed by atoms with E-state index >= 15 is 0 Å². The topological polar surface area (TPSA) is 70.1 Å². The van der Waals surface area contributed by atoms with Crippen LogP contribution in [-0.2, 0) is 16.0 Å². The number of carboxylic acid groups (broad SMARTS) is 1. The molecule has 0 aliphatic carbocycles. The van der Waals surface area contributed by atoms with Gasteiger partial charge in [0, 0.05) is 13.1 Å². The van der Waals surface area contributed by atoms with Crippen molar-refractivity contribution in [3.63, 3.8) is 0 Å². The predicted octanol–water partition coefficient (Wildman–Crippen LogP) is 0.713. The molecule has 1 rings (SSSR count). The average Bonchev–Trinajstić information content (AvgIpc) is 2.43. The molecule has 0 aliphatic heterocycles. The fourth-order valence-electron chi connectivity index (χ4n) is 1.81. The van der Waals surface area contributed by atoms with Gasteiger partial charge in [-0.2, -0.15) is 0 Å². The van der Waals surface area contributed by atoms with Crippen molar-refractivity contribution in [2.45, 2.75) is 6.42 Å². The van der Waals surface area contributed by atoms with Gasteiger partial charge >= 0.3 is 5.97 Å². The quantitative estimate of drug-likeness (QED) is 0.765. The van der Waals surface area contributed by atoms with Gasteiger partial charge in [-0.05, 0) is 31.8 Å². The summed E-state index contributed by atoms with van der Waals surface area (Å²) >= 11 is 0. The molecule has 1 amide bonds. The summed E-state index contributed by atoms with van der Waals surface area (Å²) in [6.07, 6.45) is 0.185. The summed E-state index contributed by atoms with van der Waals surface area (Å²) in [6, 6.07) is 7.18. The Morgan fingerprint density at radius 3 is 2.24 bits per heavy atom. The number of rotatable bonds is 8. The van der Waals surface area contributed by atoms with Gasteiger partial charge in [0.2, 0.25) is 5.91 Å². The van der Waals surface area contributed by atoms with E-state index in [9.17, 15) is 9.59 Å². The van der Waals surface area contributed by atoms with Gasteiger partial charge in [0.25, 0.3) is 0 Å². The molecule has 0 spiro atoms. The van der Waals surface area contributed by atoms with E-state index in [1.807, 2.05) is 31.1 Å². The number of ether oxygens (including phenoxy) is 1. The minimum atomic E-state index is -1.00. The highest BCUT2D eigenvalue weighted by Gasteiger charge is 2.17. The highest BCUT2D eigenvalue weighted by atomic mass is 16.5. The maximum atomic E-state index is 12.2. The van der Waals surface area contributed by atoms with E-state index in [1.165, 1.54) is 4.90 Å². The fourth-order valence-corrected chi connectivity index (χ4v) is 1.81. The Kier molecular flexibility index (Phi) is 6.68. The predicted molar refractivity (Wildman–Crippen MR) is 79.5 cm³/mol. The number of hydrogen-bond donors (Lipinski definition) is 1. The molecule has 0 unspecified atom stereocenters. The molecule has 6 heteroatoms. The number of aliphatic carboxylic acids is 1. The Labute approximate surface area is 124 Å². The summed E-state index contributed by atoms with van der Waals surface area (Å²) in [4.78, 5) is 26.4. The highest BCUT2D eigenvalue weighted by molar-refractivity contribution is 5.83. The van der Waals surface area contributed by atoms with Crippen LogP contribution in [0.2, 0.25) is 0 Å². The maximum absolute atomic E-state index is 12.2.